The van der Waals surface area contributed by atoms with Crippen molar-refractivity contribution in [3.05, 3.63) is 41.7 Å². The molecule has 1 saturated carbocycles. The van der Waals surface area contributed by atoms with E-state index in [9.17, 15) is 17.2 Å². The molecule has 0 atom stereocenters. The molecule has 0 radical (unpaired) electrons. The minimum atomic E-state index is -4.00. The molecule has 136 valence electrons. The van der Waals surface area contributed by atoms with Crippen LogP contribution in [0.2, 0.25) is 0 Å². The van der Waals surface area contributed by atoms with Crippen LogP contribution in [0.1, 0.15) is 56.3 Å². The van der Waals surface area contributed by atoms with Crippen LogP contribution >= 0.6 is 0 Å². The fraction of sp³-hybridized carbons (Fsp3) is 0.471. The number of alkyl halides is 2. The first-order chi connectivity index (χ1) is 11.8. The fourth-order valence-corrected chi connectivity index (χ4v) is 4.15. The molecule has 0 saturated heterocycles. The topological polar surface area (TPSA) is 78.0 Å². The standard InChI is InChI=1S/C17H21F2N3O2S/c1-11-6-8-12(9-7-11)15-10-13(17(18)19)21-22(15)14-4-2-3-5-16(14)25(20,23)24/h2-5,10-12,17H,6-9H2,1H3,(H2,20,23,24). The minimum absolute atomic E-state index is 0.0738. The van der Waals surface area contributed by atoms with Gasteiger partial charge < -0.3 is 0 Å². The second kappa shape index (κ2) is 6.84. The largest absolute Gasteiger partial charge is 0.282 e. The highest BCUT2D eigenvalue weighted by Crippen LogP contribution is 2.38. The first-order valence-electron chi connectivity index (χ1n) is 8.27. The van der Waals surface area contributed by atoms with E-state index in [1.54, 1.807) is 12.1 Å². The molecule has 1 aliphatic carbocycles. The van der Waals surface area contributed by atoms with Crippen LogP contribution < -0.4 is 5.14 Å². The first-order valence-corrected chi connectivity index (χ1v) is 9.82. The molecular formula is C17H21F2N3O2S. The molecule has 1 aromatic carbocycles. The number of hydrogen-bond donors (Lipinski definition) is 1. The van der Waals surface area contributed by atoms with E-state index < -0.39 is 16.4 Å². The van der Waals surface area contributed by atoms with Crippen LogP contribution in [0.4, 0.5) is 8.78 Å². The van der Waals surface area contributed by atoms with Gasteiger partial charge in [-0.1, -0.05) is 31.9 Å². The Morgan fingerprint density at radius 3 is 2.44 bits per heavy atom. The lowest BCUT2D eigenvalue weighted by Gasteiger charge is -2.26. The van der Waals surface area contributed by atoms with Gasteiger partial charge in [0.15, 0.2) is 0 Å². The maximum Gasteiger partial charge on any atom is 0.282 e. The van der Waals surface area contributed by atoms with Crippen molar-refractivity contribution in [1.29, 1.82) is 0 Å². The van der Waals surface area contributed by atoms with E-state index in [0.717, 1.165) is 25.7 Å². The molecule has 1 heterocycles. The second-order valence-electron chi connectivity index (χ2n) is 6.68. The van der Waals surface area contributed by atoms with Crippen LogP contribution in [-0.4, -0.2) is 18.2 Å². The van der Waals surface area contributed by atoms with Crippen LogP contribution in [-0.2, 0) is 10.0 Å². The molecule has 0 amide bonds. The van der Waals surface area contributed by atoms with Gasteiger partial charge >= 0.3 is 0 Å². The summed E-state index contributed by atoms with van der Waals surface area (Å²) in [6, 6.07) is 7.48. The van der Waals surface area contributed by atoms with Crippen LogP contribution in [0.3, 0.4) is 0 Å². The smallest absolute Gasteiger partial charge is 0.236 e. The van der Waals surface area contributed by atoms with Crippen LogP contribution in [0.15, 0.2) is 35.2 Å². The summed E-state index contributed by atoms with van der Waals surface area (Å²) in [5.74, 6) is 0.684. The van der Waals surface area contributed by atoms with Crippen LogP contribution in [0, 0.1) is 5.92 Å². The zero-order valence-corrected chi connectivity index (χ0v) is 14.7. The number of aromatic nitrogens is 2. The Kier molecular flexibility index (Phi) is 4.92. The second-order valence-corrected chi connectivity index (χ2v) is 8.21. The van der Waals surface area contributed by atoms with Gasteiger partial charge in [-0.15, -0.1) is 0 Å². The third-order valence-electron chi connectivity index (χ3n) is 4.81. The van der Waals surface area contributed by atoms with Crippen molar-refractivity contribution in [1.82, 2.24) is 9.78 Å². The van der Waals surface area contributed by atoms with Crippen LogP contribution in [0.25, 0.3) is 5.69 Å². The van der Waals surface area contributed by atoms with E-state index in [4.69, 9.17) is 5.14 Å². The van der Waals surface area contributed by atoms with Crippen molar-refractivity contribution in [3.63, 3.8) is 0 Å². The Labute approximate surface area is 145 Å². The monoisotopic (exact) mass is 369 g/mol. The fourth-order valence-electron chi connectivity index (χ4n) is 3.43. The van der Waals surface area contributed by atoms with E-state index in [1.807, 2.05) is 0 Å². The zero-order chi connectivity index (χ0) is 18.2. The number of halogens is 2. The van der Waals surface area contributed by atoms with E-state index in [-0.39, 0.29) is 22.2 Å². The molecule has 0 aliphatic heterocycles. The normalized spacial score (nSPS) is 21.6. The van der Waals surface area contributed by atoms with Gasteiger partial charge in [0.05, 0.1) is 5.69 Å². The van der Waals surface area contributed by atoms with Crippen molar-refractivity contribution >= 4 is 10.0 Å². The van der Waals surface area contributed by atoms with E-state index >= 15 is 0 Å². The average molecular weight is 369 g/mol. The maximum atomic E-state index is 13.2. The van der Waals surface area contributed by atoms with Gasteiger partial charge in [0, 0.05) is 11.6 Å². The quantitative estimate of drug-likeness (QED) is 0.891. The van der Waals surface area contributed by atoms with Gasteiger partial charge in [0.25, 0.3) is 6.43 Å². The predicted molar refractivity (Wildman–Crippen MR) is 90.3 cm³/mol. The Morgan fingerprint density at radius 1 is 1.20 bits per heavy atom. The highest BCUT2D eigenvalue weighted by Gasteiger charge is 2.27. The van der Waals surface area contributed by atoms with Crippen molar-refractivity contribution < 1.29 is 17.2 Å². The molecule has 0 unspecified atom stereocenters. The molecule has 1 aromatic heterocycles. The Balaban J connectivity index is 2.13. The third kappa shape index (κ3) is 3.74. The summed E-state index contributed by atoms with van der Waals surface area (Å²) in [5.41, 5.74) is 0.488. The molecule has 3 rings (SSSR count). The van der Waals surface area contributed by atoms with E-state index in [1.165, 1.54) is 22.9 Å². The summed E-state index contributed by atoms with van der Waals surface area (Å²) >= 11 is 0. The number of nitrogens with zero attached hydrogens (tertiary/aromatic N) is 2. The van der Waals surface area contributed by atoms with Crippen molar-refractivity contribution in [3.8, 4) is 5.69 Å². The predicted octanol–water partition coefficient (Wildman–Crippen LogP) is 3.75. The highest BCUT2D eigenvalue weighted by atomic mass is 32.2. The molecule has 0 bridgehead atoms. The molecular weight excluding hydrogens is 348 g/mol. The summed E-state index contributed by atoms with van der Waals surface area (Å²) < 4.78 is 51.6. The Hall–Kier alpha value is -1.80. The number of sulfonamides is 1. The average Bonchev–Trinajstić information content (AvgIpc) is 3.00. The number of para-hydroxylation sites is 1. The first kappa shape index (κ1) is 18.0. The lowest BCUT2D eigenvalue weighted by atomic mass is 9.81. The van der Waals surface area contributed by atoms with Crippen molar-refractivity contribution in [2.45, 2.75) is 49.8 Å². The van der Waals surface area contributed by atoms with Crippen molar-refractivity contribution in [2.24, 2.45) is 11.1 Å². The summed E-state index contributed by atoms with van der Waals surface area (Å²) in [5, 5.41) is 9.29. The number of primary sulfonamides is 1. The van der Waals surface area contributed by atoms with E-state index in [0.29, 0.717) is 11.6 Å². The summed E-state index contributed by atoms with van der Waals surface area (Å²) in [6.45, 7) is 2.18. The summed E-state index contributed by atoms with van der Waals surface area (Å²) in [7, 11) is -4.00. The molecule has 25 heavy (non-hydrogen) atoms. The zero-order valence-electron chi connectivity index (χ0n) is 13.9. The lowest BCUT2D eigenvalue weighted by molar-refractivity contribution is 0.145. The molecule has 5 nitrogen and oxygen atoms in total. The Morgan fingerprint density at radius 2 is 1.84 bits per heavy atom. The maximum absolute atomic E-state index is 13.2. The van der Waals surface area contributed by atoms with E-state index in [2.05, 4.69) is 12.0 Å². The number of benzene rings is 1. The lowest BCUT2D eigenvalue weighted by Crippen LogP contribution is -2.18. The third-order valence-corrected chi connectivity index (χ3v) is 5.77. The van der Waals surface area contributed by atoms with Gasteiger partial charge in [-0.05, 0) is 37.0 Å². The molecule has 2 aromatic rings. The van der Waals surface area contributed by atoms with Gasteiger partial charge in [-0.2, -0.15) is 5.10 Å². The van der Waals surface area contributed by atoms with Crippen LogP contribution in [0.5, 0.6) is 0 Å². The minimum Gasteiger partial charge on any atom is -0.236 e. The molecule has 1 fully saturated rings. The molecule has 0 spiro atoms. The van der Waals surface area contributed by atoms with Gasteiger partial charge in [0.1, 0.15) is 10.6 Å². The van der Waals surface area contributed by atoms with Gasteiger partial charge in [-0.3, -0.25) is 0 Å². The molecule has 8 heteroatoms. The molecule has 2 N–H and O–H groups in total. The number of hydrogen-bond acceptors (Lipinski definition) is 3. The van der Waals surface area contributed by atoms with Gasteiger partial charge in [0.2, 0.25) is 10.0 Å². The van der Waals surface area contributed by atoms with Crippen molar-refractivity contribution in [2.75, 3.05) is 0 Å². The SMILES string of the molecule is CC1CCC(c2cc(C(F)F)nn2-c2ccccc2S(N)(=O)=O)CC1. The summed E-state index contributed by atoms with van der Waals surface area (Å²) in [4.78, 5) is -0.121. The summed E-state index contributed by atoms with van der Waals surface area (Å²) in [6.07, 6.45) is 1.04. The van der Waals surface area contributed by atoms with Gasteiger partial charge in [-0.25, -0.2) is 27.0 Å². The number of rotatable bonds is 4. The highest BCUT2D eigenvalue weighted by molar-refractivity contribution is 7.89. The molecule has 1 aliphatic rings. The number of nitrogens with two attached hydrogens (primary N) is 1. The Bertz CT molecular complexity index is 857.